The van der Waals surface area contributed by atoms with Gasteiger partial charge in [-0.15, -0.1) is 5.10 Å². The van der Waals surface area contributed by atoms with Crippen molar-refractivity contribution in [3.63, 3.8) is 0 Å². The fourth-order valence-electron chi connectivity index (χ4n) is 3.27. The molecule has 0 atom stereocenters. The average molecular weight is 353 g/mol. The standard InChI is InChI=1S/C18H23N7O/c1-19-15-11-13(9-10-20-15)22-18-23-17-4-2-3-16(25(17)24-18)21-12-5-7-14(26)8-6-12/h2-4,9-12,14,21,26H,5-8H2,1H3,(H2,19,20,22,24)/t12-,14+. The fraction of sp³-hybridized carbons (Fsp3) is 0.389. The van der Waals surface area contributed by atoms with Crippen molar-refractivity contribution in [3.8, 4) is 0 Å². The Morgan fingerprint density at radius 3 is 2.81 bits per heavy atom. The van der Waals surface area contributed by atoms with Crippen LogP contribution in [0.15, 0.2) is 36.5 Å². The second-order valence-corrected chi connectivity index (χ2v) is 6.57. The van der Waals surface area contributed by atoms with Gasteiger partial charge in [-0.05, 0) is 43.9 Å². The smallest absolute Gasteiger partial charge is 0.247 e. The molecule has 0 bridgehead atoms. The Hall–Kier alpha value is -2.87. The summed E-state index contributed by atoms with van der Waals surface area (Å²) in [5.41, 5.74) is 1.65. The molecule has 1 fully saturated rings. The van der Waals surface area contributed by atoms with Gasteiger partial charge < -0.3 is 21.1 Å². The van der Waals surface area contributed by atoms with Crippen LogP contribution in [0.4, 0.5) is 23.3 Å². The molecule has 3 heterocycles. The molecular weight excluding hydrogens is 330 g/mol. The highest BCUT2D eigenvalue weighted by Gasteiger charge is 2.20. The minimum Gasteiger partial charge on any atom is -0.393 e. The van der Waals surface area contributed by atoms with Crippen molar-refractivity contribution >= 4 is 28.9 Å². The van der Waals surface area contributed by atoms with E-state index in [-0.39, 0.29) is 6.10 Å². The molecule has 8 nitrogen and oxygen atoms in total. The normalized spacial score (nSPS) is 20.1. The van der Waals surface area contributed by atoms with Gasteiger partial charge in [0.1, 0.15) is 11.6 Å². The molecule has 1 saturated carbocycles. The van der Waals surface area contributed by atoms with Gasteiger partial charge in [-0.25, -0.2) is 4.98 Å². The third-order valence-corrected chi connectivity index (χ3v) is 4.68. The van der Waals surface area contributed by atoms with E-state index in [1.54, 1.807) is 6.20 Å². The molecule has 0 unspecified atom stereocenters. The van der Waals surface area contributed by atoms with Gasteiger partial charge in [-0.1, -0.05) is 6.07 Å². The number of hydrogen-bond acceptors (Lipinski definition) is 7. The van der Waals surface area contributed by atoms with Gasteiger partial charge in [0, 0.05) is 31.0 Å². The number of fused-ring (bicyclic) bond motifs is 1. The van der Waals surface area contributed by atoms with E-state index < -0.39 is 0 Å². The van der Waals surface area contributed by atoms with Crippen LogP contribution >= 0.6 is 0 Å². The number of aliphatic hydroxyl groups excluding tert-OH is 1. The zero-order valence-corrected chi connectivity index (χ0v) is 14.7. The summed E-state index contributed by atoms with van der Waals surface area (Å²) in [6.07, 6.45) is 5.17. The van der Waals surface area contributed by atoms with Crippen molar-refractivity contribution in [3.05, 3.63) is 36.5 Å². The van der Waals surface area contributed by atoms with Crippen molar-refractivity contribution in [1.82, 2.24) is 19.6 Å². The third kappa shape index (κ3) is 3.55. The van der Waals surface area contributed by atoms with E-state index >= 15 is 0 Å². The van der Waals surface area contributed by atoms with E-state index in [1.165, 1.54) is 0 Å². The summed E-state index contributed by atoms with van der Waals surface area (Å²) in [5, 5.41) is 24.0. The van der Waals surface area contributed by atoms with Gasteiger partial charge in [0.25, 0.3) is 0 Å². The van der Waals surface area contributed by atoms with Gasteiger partial charge in [0.2, 0.25) is 5.95 Å². The molecular formula is C18H23N7O. The van der Waals surface area contributed by atoms with Crippen LogP contribution < -0.4 is 16.0 Å². The summed E-state index contributed by atoms with van der Waals surface area (Å²) in [6.45, 7) is 0. The predicted molar refractivity (Wildman–Crippen MR) is 102 cm³/mol. The quantitative estimate of drug-likeness (QED) is 0.559. The van der Waals surface area contributed by atoms with Crippen LogP contribution in [-0.4, -0.2) is 43.9 Å². The first-order valence-electron chi connectivity index (χ1n) is 8.92. The molecule has 0 spiro atoms. The maximum Gasteiger partial charge on any atom is 0.247 e. The molecule has 3 aromatic heterocycles. The molecule has 26 heavy (non-hydrogen) atoms. The van der Waals surface area contributed by atoms with Crippen molar-refractivity contribution < 1.29 is 5.11 Å². The molecule has 1 aliphatic carbocycles. The Bertz CT molecular complexity index is 886. The molecule has 1 aliphatic rings. The summed E-state index contributed by atoms with van der Waals surface area (Å²) in [5.74, 6) is 2.22. The zero-order chi connectivity index (χ0) is 17.9. The van der Waals surface area contributed by atoms with E-state index in [0.717, 1.165) is 48.7 Å². The molecule has 4 rings (SSSR count). The lowest BCUT2D eigenvalue weighted by molar-refractivity contribution is 0.126. The SMILES string of the molecule is CNc1cc(Nc2nc3cccc(N[C@H]4CC[C@@H](O)CC4)n3n2)ccn1. The second-order valence-electron chi connectivity index (χ2n) is 6.57. The van der Waals surface area contributed by atoms with Crippen molar-refractivity contribution in [2.24, 2.45) is 0 Å². The van der Waals surface area contributed by atoms with Gasteiger partial charge in [-0.2, -0.15) is 9.50 Å². The van der Waals surface area contributed by atoms with Crippen molar-refractivity contribution in [2.45, 2.75) is 37.8 Å². The van der Waals surface area contributed by atoms with E-state index in [9.17, 15) is 5.11 Å². The summed E-state index contributed by atoms with van der Waals surface area (Å²) in [4.78, 5) is 8.75. The maximum atomic E-state index is 9.67. The summed E-state index contributed by atoms with van der Waals surface area (Å²) < 4.78 is 1.81. The number of nitrogens with one attached hydrogen (secondary N) is 3. The first-order chi connectivity index (χ1) is 12.7. The number of anilines is 4. The zero-order valence-electron chi connectivity index (χ0n) is 14.7. The van der Waals surface area contributed by atoms with Crippen LogP contribution in [0, 0.1) is 0 Å². The monoisotopic (exact) mass is 353 g/mol. The molecule has 0 saturated heterocycles. The minimum atomic E-state index is -0.158. The molecule has 0 aromatic carbocycles. The molecule has 8 heteroatoms. The first-order valence-corrected chi connectivity index (χ1v) is 8.92. The second kappa shape index (κ2) is 7.17. The lowest BCUT2D eigenvalue weighted by Gasteiger charge is -2.26. The van der Waals surface area contributed by atoms with Crippen molar-refractivity contribution in [1.29, 1.82) is 0 Å². The summed E-state index contributed by atoms with van der Waals surface area (Å²) in [6, 6.07) is 10.0. The van der Waals surface area contributed by atoms with Crippen LogP contribution in [0.2, 0.25) is 0 Å². The highest BCUT2D eigenvalue weighted by Crippen LogP contribution is 2.23. The maximum absolute atomic E-state index is 9.67. The average Bonchev–Trinajstić information content (AvgIpc) is 3.07. The van der Waals surface area contributed by atoms with Crippen LogP contribution in [-0.2, 0) is 0 Å². The Balaban J connectivity index is 1.55. The number of hydrogen-bond donors (Lipinski definition) is 4. The first kappa shape index (κ1) is 16.6. The number of rotatable bonds is 5. The summed E-state index contributed by atoms with van der Waals surface area (Å²) in [7, 11) is 1.83. The fourth-order valence-corrected chi connectivity index (χ4v) is 3.27. The van der Waals surface area contributed by atoms with E-state index in [2.05, 4.69) is 31.0 Å². The molecule has 3 aromatic rings. The Kier molecular flexibility index (Phi) is 4.57. The Morgan fingerprint density at radius 1 is 1.15 bits per heavy atom. The Morgan fingerprint density at radius 2 is 2.00 bits per heavy atom. The van der Waals surface area contributed by atoms with E-state index in [0.29, 0.717) is 12.0 Å². The lowest BCUT2D eigenvalue weighted by atomic mass is 9.93. The van der Waals surface area contributed by atoms with Gasteiger partial charge in [0.05, 0.1) is 6.10 Å². The summed E-state index contributed by atoms with van der Waals surface area (Å²) >= 11 is 0. The molecule has 0 amide bonds. The van der Waals surface area contributed by atoms with Gasteiger partial charge in [-0.3, -0.25) is 0 Å². The van der Waals surface area contributed by atoms with Crippen LogP contribution in [0.25, 0.3) is 5.65 Å². The highest BCUT2D eigenvalue weighted by atomic mass is 16.3. The molecule has 0 aliphatic heterocycles. The van der Waals surface area contributed by atoms with Crippen LogP contribution in [0.1, 0.15) is 25.7 Å². The van der Waals surface area contributed by atoms with E-state index in [4.69, 9.17) is 0 Å². The highest BCUT2D eigenvalue weighted by molar-refractivity contribution is 5.60. The minimum absolute atomic E-state index is 0.158. The molecule has 0 radical (unpaired) electrons. The van der Waals surface area contributed by atoms with Crippen LogP contribution in [0.5, 0.6) is 0 Å². The van der Waals surface area contributed by atoms with Crippen LogP contribution in [0.3, 0.4) is 0 Å². The Labute approximate surface area is 151 Å². The lowest BCUT2D eigenvalue weighted by Crippen LogP contribution is -2.29. The van der Waals surface area contributed by atoms with E-state index in [1.807, 2.05) is 41.9 Å². The van der Waals surface area contributed by atoms with Crippen molar-refractivity contribution in [2.75, 3.05) is 23.0 Å². The largest absolute Gasteiger partial charge is 0.393 e. The molecule has 4 N–H and O–H groups in total. The number of pyridine rings is 2. The number of aliphatic hydroxyl groups is 1. The number of nitrogens with zero attached hydrogens (tertiary/aromatic N) is 4. The third-order valence-electron chi connectivity index (χ3n) is 4.68. The topological polar surface area (TPSA) is 99.4 Å². The van der Waals surface area contributed by atoms with Gasteiger partial charge in [0.15, 0.2) is 5.65 Å². The molecule has 136 valence electrons. The van der Waals surface area contributed by atoms with Gasteiger partial charge >= 0.3 is 0 Å². The number of aromatic nitrogens is 4. The predicted octanol–water partition coefficient (Wildman–Crippen LogP) is 2.62.